The summed E-state index contributed by atoms with van der Waals surface area (Å²) in [6.07, 6.45) is 0. The number of phenolic OH excluding ortho intramolecular Hbond substituents is 2. The van der Waals surface area contributed by atoms with E-state index in [1.165, 1.54) is 52.7 Å². The van der Waals surface area contributed by atoms with Gasteiger partial charge in [0, 0.05) is 18.3 Å². The van der Waals surface area contributed by atoms with Crippen LogP contribution in [0, 0.1) is 72.4 Å². The second kappa shape index (κ2) is 23.5. The Hall–Kier alpha value is -2.94. The molecule has 4 rings (SSSR count). The minimum atomic E-state index is -0.0764. The highest BCUT2D eigenvalue weighted by atomic mass is 127. The number of benzene rings is 4. The summed E-state index contributed by atoms with van der Waals surface area (Å²) in [7, 11) is 0. The van der Waals surface area contributed by atoms with E-state index in [1.54, 1.807) is 12.1 Å². The van der Waals surface area contributed by atoms with Crippen molar-refractivity contribution in [2.75, 3.05) is 0 Å². The number of hydrogen-bond donors (Lipinski definition) is 2. The summed E-state index contributed by atoms with van der Waals surface area (Å²) >= 11 is 4.72. The molecule has 4 aromatic rings. The topological polar surface area (TPSA) is 40.5 Å². The fourth-order valence-corrected chi connectivity index (χ4v) is 4.41. The van der Waals surface area contributed by atoms with Crippen LogP contribution in [0.3, 0.4) is 0 Å². The van der Waals surface area contributed by atoms with Crippen molar-refractivity contribution in [1.82, 2.24) is 0 Å². The Labute approximate surface area is 290 Å². The molecule has 0 saturated heterocycles. The highest BCUT2D eigenvalue weighted by Gasteiger charge is 2.00. The molecule has 0 aliphatic carbocycles. The van der Waals surface area contributed by atoms with Crippen LogP contribution in [0.2, 0.25) is 0 Å². The lowest BCUT2D eigenvalue weighted by Crippen LogP contribution is -1.89. The fourth-order valence-electron chi connectivity index (χ4n) is 3.16. The molecule has 232 valence electrons. The van der Waals surface area contributed by atoms with Crippen LogP contribution in [0.25, 0.3) is 0 Å². The van der Waals surface area contributed by atoms with E-state index in [0.717, 1.165) is 11.1 Å². The maximum Gasteiger partial charge on any atom is 0.157 e. The molecule has 2 nitrogen and oxygen atoms in total. The SMILES string of the molecule is C.C.C.CC#Cc1cc(C)c(C)cc1C#CC.Cc1cc(I)c(I)cc1C.Cc1ccccc1C.Oc1ccccc1O. The maximum atomic E-state index is 8.67. The molecule has 0 spiro atoms. The third-order valence-electron chi connectivity index (χ3n) is 6.00. The smallest absolute Gasteiger partial charge is 0.157 e. The average molecular weight is 805 g/mol. The standard InChI is InChI=1S/C14H14.C8H8I2.C8H10.C6H6O2.3CH4/c1-5-7-13-9-11(3)12(4)10-14(13)8-6-2;1-5-3-7(9)8(10)4-6(5)2;1-7-5-3-4-6-8(7)2;7-5-3-1-2-4-6(5)8;;;/h9-10H,1-4H3;3-4H,1-2H3;3-6H,1-2H3;1-4,7-8H;3*1H4. The Balaban J connectivity index is -0.000000497. The quantitative estimate of drug-likeness (QED) is 0.106. The Morgan fingerprint density at radius 3 is 1.00 bits per heavy atom. The van der Waals surface area contributed by atoms with Gasteiger partial charge in [-0.05, 0) is 170 Å². The molecule has 0 aliphatic rings. The van der Waals surface area contributed by atoms with Gasteiger partial charge in [-0.2, -0.15) is 0 Å². The van der Waals surface area contributed by atoms with Gasteiger partial charge < -0.3 is 10.2 Å². The van der Waals surface area contributed by atoms with Crippen LogP contribution in [-0.2, 0) is 0 Å². The lowest BCUT2D eigenvalue weighted by Gasteiger charge is -2.03. The van der Waals surface area contributed by atoms with Gasteiger partial charge in [0.2, 0.25) is 0 Å². The molecule has 43 heavy (non-hydrogen) atoms. The molecular formula is C39H50I2O2. The highest BCUT2D eigenvalue weighted by Crippen LogP contribution is 2.21. The molecule has 0 aliphatic heterocycles. The molecule has 0 fully saturated rings. The van der Waals surface area contributed by atoms with Crippen molar-refractivity contribution in [2.45, 2.75) is 77.7 Å². The van der Waals surface area contributed by atoms with E-state index in [0.29, 0.717) is 0 Å². The van der Waals surface area contributed by atoms with Crippen molar-refractivity contribution in [3.8, 4) is 35.2 Å². The molecule has 2 N–H and O–H groups in total. The van der Waals surface area contributed by atoms with Crippen LogP contribution < -0.4 is 0 Å². The van der Waals surface area contributed by atoms with E-state index in [4.69, 9.17) is 10.2 Å². The summed E-state index contributed by atoms with van der Waals surface area (Å²) in [5.41, 5.74) is 10.1. The molecule has 0 heterocycles. The number of phenols is 2. The molecule has 0 radical (unpaired) electrons. The molecule has 0 aromatic heterocycles. The molecular weight excluding hydrogens is 754 g/mol. The summed E-state index contributed by atoms with van der Waals surface area (Å²) in [5.74, 6) is 11.8. The van der Waals surface area contributed by atoms with Gasteiger partial charge >= 0.3 is 0 Å². The van der Waals surface area contributed by atoms with Gasteiger partial charge in [-0.15, -0.1) is 11.8 Å². The van der Waals surface area contributed by atoms with Gasteiger partial charge in [0.25, 0.3) is 0 Å². The molecule has 0 saturated carbocycles. The summed E-state index contributed by atoms with van der Waals surface area (Å²) in [5, 5.41) is 17.3. The zero-order valence-corrected chi connectivity index (χ0v) is 28.9. The molecule has 0 bridgehead atoms. The second-order valence-corrected chi connectivity index (χ2v) is 11.5. The van der Waals surface area contributed by atoms with Crippen LogP contribution in [0.4, 0.5) is 0 Å². The molecule has 0 atom stereocenters. The Morgan fingerprint density at radius 1 is 0.465 bits per heavy atom. The van der Waals surface area contributed by atoms with E-state index < -0.39 is 0 Å². The second-order valence-electron chi connectivity index (χ2n) is 9.16. The van der Waals surface area contributed by atoms with E-state index in [-0.39, 0.29) is 33.8 Å². The van der Waals surface area contributed by atoms with Crippen LogP contribution in [0.1, 0.15) is 80.6 Å². The van der Waals surface area contributed by atoms with Crippen molar-refractivity contribution in [2.24, 2.45) is 0 Å². The van der Waals surface area contributed by atoms with Crippen LogP contribution in [-0.4, -0.2) is 10.2 Å². The number of aryl methyl sites for hydroxylation is 6. The maximum absolute atomic E-state index is 8.67. The third kappa shape index (κ3) is 16.5. The van der Waals surface area contributed by atoms with E-state index in [2.05, 4.69) is 159 Å². The van der Waals surface area contributed by atoms with E-state index >= 15 is 0 Å². The predicted octanol–water partition coefficient (Wildman–Crippen LogP) is 11.9. The van der Waals surface area contributed by atoms with E-state index in [9.17, 15) is 0 Å². The minimum absolute atomic E-state index is 0. The van der Waals surface area contributed by atoms with Crippen molar-refractivity contribution in [1.29, 1.82) is 0 Å². The molecule has 4 heteroatoms. The Morgan fingerprint density at radius 2 is 0.744 bits per heavy atom. The zero-order valence-electron chi connectivity index (χ0n) is 24.6. The number of aromatic hydroxyl groups is 2. The first-order chi connectivity index (χ1) is 18.9. The van der Waals surface area contributed by atoms with Crippen LogP contribution in [0.5, 0.6) is 11.5 Å². The normalized spacial score (nSPS) is 8.42. The Kier molecular flexibility index (Phi) is 24.3. The highest BCUT2D eigenvalue weighted by molar-refractivity contribution is 14.1. The zero-order chi connectivity index (χ0) is 30.2. The monoisotopic (exact) mass is 804 g/mol. The number of hydrogen-bond acceptors (Lipinski definition) is 2. The van der Waals surface area contributed by atoms with Gasteiger partial charge in [0.15, 0.2) is 11.5 Å². The van der Waals surface area contributed by atoms with Crippen molar-refractivity contribution >= 4 is 45.2 Å². The van der Waals surface area contributed by atoms with Crippen LogP contribution >= 0.6 is 45.2 Å². The molecule has 0 amide bonds. The van der Waals surface area contributed by atoms with Gasteiger partial charge in [0.1, 0.15) is 0 Å². The Bertz CT molecular complexity index is 1350. The number of para-hydroxylation sites is 2. The van der Waals surface area contributed by atoms with E-state index in [1.807, 2.05) is 13.8 Å². The average Bonchev–Trinajstić information content (AvgIpc) is 2.91. The lowest BCUT2D eigenvalue weighted by atomic mass is 10.0. The predicted molar refractivity (Wildman–Crippen MR) is 208 cm³/mol. The number of rotatable bonds is 0. The van der Waals surface area contributed by atoms with Crippen molar-refractivity contribution in [3.63, 3.8) is 0 Å². The van der Waals surface area contributed by atoms with Gasteiger partial charge in [-0.1, -0.05) is 70.5 Å². The third-order valence-corrected chi connectivity index (χ3v) is 8.81. The lowest BCUT2D eigenvalue weighted by molar-refractivity contribution is 0.404. The summed E-state index contributed by atoms with van der Waals surface area (Å²) in [6, 6.07) is 23.1. The minimum Gasteiger partial charge on any atom is -0.504 e. The van der Waals surface area contributed by atoms with Crippen molar-refractivity contribution in [3.05, 3.63) is 124 Å². The first-order valence-corrected chi connectivity index (χ1v) is 14.9. The van der Waals surface area contributed by atoms with Crippen LogP contribution in [0.15, 0.2) is 72.8 Å². The van der Waals surface area contributed by atoms with Crippen molar-refractivity contribution < 1.29 is 10.2 Å². The largest absolute Gasteiger partial charge is 0.504 e. The first-order valence-electron chi connectivity index (χ1n) is 12.8. The fraction of sp³-hybridized carbons (Fsp3) is 0.282. The number of halogens is 2. The van der Waals surface area contributed by atoms with Gasteiger partial charge in [-0.25, -0.2) is 0 Å². The van der Waals surface area contributed by atoms with Gasteiger partial charge in [-0.3, -0.25) is 0 Å². The van der Waals surface area contributed by atoms with Gasteiger partial charge in [0.05, 0.1) is 0 Å². The summed E-state index contributed by atoms with van der Waals surface area (Å²) in [6.45, 7) is 16.4. The molecule has 0 unspecified atom stereocenters. The summed E-state index contributed by atoms with van der Waals surface area (Å²) < 4.78 is 2.70. The summed E-state index contributed by atoms with van der Waals surface area (Å²) in [4.78, 5) is 0. The molecule has 4 aromatic carbocycles. The first kappa shape index (κ1) is 44.5.